The highest BCUT2D eigenvalue weighted by Crippen LogP contribution is 2.32. The summed E-state index contributed by atoms with van der Waals surface area (Å²) in [6.07, 6.45) is 0. The van der Waals surface area contributed by atoms with Crippen LogP contribution < -0.4 is 9.47 Å². The summed E-state index contributed by atoms with van der Waals surface area (Å²) in [5.74, 6) is 0.877. The Hall–Kier alpha value is -2.49. The topological polar surface area (TPSA) is 55.8 Å². The highest BCUT2D eigenvalue weighted by molar-refractivity contribution is 5.88. The van der Waals surface area contributed by atoms with Crippen LogP contribution >= 0.6 is 0 Å². The number of methoxy groups -OCH3 is 1. The Morgan fingerprint density at radius 1 is 1.05 bits per heavy atom. The molecule has 0 saturated heterocycles. The zero-order chi connectivity index (χ0) is 13.8. The molecule has 0 aromatic heterocycles. The maximum atomic E-state index is 10.9. The molecule has 0 amide bonds. The molecule has 2 aromatic carbocycles. The zero-order valence-electron chi connectivity index (χ0n) is 10.7. The fourth-order valence-electron chi connectivity index (χ4n) is 1.72. The SMILES string of the molecule is COc1ccccc1Oc1ccc(C(=O)O)cc1C. The molecule has 0 unspecified atom stereocenters. The molecule has 0 aliphatic heterocycles. The van der Waals surface area contributed by atoms with E-state index >= 15 is 0 Å². The number of carboxylic acids is 1. The van der Waals surface area contributed by atoms with Crippen molar-refractivity contribution in [3.05, 3.63) is 53.6 Å². The summed E-state index contributed by atoms with van der Waals surface area (Å²) in [6, 6.07) is 12.0. The van der Waals surface area contributed by atoms with Crippen LogP contribution in [0.2, 0.25) is 0 Å². The molecule has 2 aromatic rings. The van der Waals surface area contributed by atoms with Gasteiger partial charge in [0.15, 0.2) is 11.5 Å². The molecule has 0 bridgehead atoms. The molecule has 0 atom stereocenters. The number of carboxylic acid groups (broad SMARTS) is 1. The summed E-state index contributed by atoms with van der Waals surface area (Å²) in [5, 5.41) is 8.91. The number of para-hydroxylation sites is 2. The fraction of sp³-hybridized carbons (Fsp3) is 0.133. The van der Waals surface area contributed by atoms with Crippen LogP contribution in [0.15, 0.2) is 42.5 Å². The molecule has 98 valence electrons. The van der Waals surface area contributed by atoms with Crippen LogP contribution in [0.25, 0.3) is 0 Å². The van der Waals surface area contributed by atoms with Crippen molar-refractivity contribution in [1.29, 1.82) is 0 Å². The van der Waals surface area contributed by atoms with Gasteiger partial charge in [0.05, 0.1) is 12.7 Å². The Kier molecular flexibility index (Phi) is 3.71. The van der Waals surface area contributed by atoms with Crippen molar-refractivity contribution in [2.75, 3.05) is 7.11 Å². The summed E-state index contributed by atoms with van der Waals surface area (Å²) in [5.41, 5.74) is 0.996. The summed E-state index contributed by atoms with van der Waals surface area (Å²) < 4.78 is 10.9. The maximum absolute atomic E-state index is 10.9. The lowest BCUT2D eigenvalue weighted by atomic mass is 10.1. The molecule has 2 rings (SSSR count). The zero-order valence-corrected chi connectivity index (χ0v) is 10.7. The Balaban J connectivity index is 2.31. The standard InChI is InChI=1S/C15H14O4/c1-10-9-11(15(16)17)7-8-12(10)19-14-6-4-3-5-13(14)18-2/h3-9H,1-2H3,(H,16,17). The van der Waals surface area contributed by atoms with Gasteiger partial charge in [-0.05, 0) is 42.8 Å². The van der Waals surface area contributed by atoms with Gasteiger partial charge in [0.2, 0.25) is 0 Å². The van der Waals surface area contributed by atoms with Gasteiger partial charge in [0.1, 0.15) is 5.75 Å². The third-order valence-corrected chi connectivity index (χ3v) is 2.71. The van der Waals surface area contributed by atoms with E-state index in [0.717, 1.165) is 5.56 Å². The van der Waals surface area contributed by atoms with Crippen LogP contribution in [-0.2, 0) is 0 Å². The molecule has 0 radical (unpaired) electrons. The van der Waals surface area contributed by atoms with Crippen molar-refractivity contribution in [2.24, 2.45) is 0 Å². The lowest BCUT2D eigenvalue weighted by Gasteiger charge is -2.12. The predicted octanol–water partition coefficient (Wildman–Crippen LogP) is 3.49. The first kappa shape index (κ1) is 13.0. The third-order valence-electron chi connectivity index (χ3n) is 2.71. The van der Waals surface area contributed by atoms with Gasteiger partial charge >= 0.3 is 5.97 Å². The van der Waals surface area contributed by atoms with E-state index in [1.54, 1.807) is 38.3 Å². The molecule has 4 nitrogen and oxygen atoms in total. The van der Waals surface area contributed by atoms with Crippen molar-refractivity contribution in [3.8, 4) is 17.2 Å². The molecule has 19 heavy (non-hydrogen) atoms. The minimum Gasteiger partial charge on any atom is -0.493 e. The van der Waals surface area contributed by atoms with Crippen LogP contribution in [0, 0.1) is 6.92 Å². The number of rotatable bonds is 4. The highest BCUT2D eigenvalue weighted by atomic mass is 16.5. The average molecular weight is 258 g/mol. The van der Waals surface area contributed by atoms with Gasteiger partial charge in [-0.3, -0.25) is 0 Å². The summed E-state index contributed by atoms with van der Waals surface area (Å²) in [7, 11) is 1.57. The van der Waals surface area contributed by atoms with Gasteiger partial charge in [-0.2, -0.15) is 0 Å². The molecule has 1 N–H and O–H groups in total. The summed E-state index contributed by atoms with van der Waals surface area (Å²) in [6.45, 7) is 1.80. The molecular weight excluding hydrogens is 244 g/mol. The molecule has 0 spiro atoms. The van der Waals surface area contributed by atoms with Crippen LogP contribution in [-0.4, -0.2) is 18.2 Å². The Morgan fingerprint density at radius 3 is 2.32 bits per heavy atom. The van der Waals surface area contributed by atoms with Crippen molar-refractivity contribution < 1.29 is 19.4 Å². The molecule has 0 aliphatic carbocycles. The number of aromatic carboxylic acids is 1. The molecule has 0 fully saturated rings. The monoisotopic (exact) mass is 258 g/mol. The minimum absolute atomic E-state index is 0.241. The Labute approximate surface area is 111 Å². The van der Waals surface area contributed by atoms with E-state index in [-0.39, 0.29) is 5.56 Å². The smallest absolute Gasteiger partial charge is 0.335 e. The van der Waals surface area contributed by atoms with E-state index in [4.69, 9.17) is 14.6 Å². The number of carbonyl (C=O) groups is 1. The second-order valence-electron chi connectivity index (χ2n) is 4.04. The van der Waals surface area contributed by atoms with Crippen molar-refractivity contribution in [3.63, 3.8) is 0 Å². The van der Waals surface area contributed by atoms with Crippen LogP contribution in [0.3, 0.4) is 0 Å². The van der Waals surface area contributed by atoms with Gasteiger partial charge < -0.3 is 14.6 Å². The fourth-order valence-corrected chi connectivity index (χ4v) is 1.72. The van der Waals surface area contributed by atoms with E-state index in [2.05, 4.69) is 0 Å². The minimum atomic E-state index is -0.952. The lowest BCUT2D eigenvalue weighted by molar-refractivity contribution is 0.0697. The largest absolute Gasteiger partial charge is 0.493 e. The van der Waals surface area contributed by atoms with Gasteiger partial charge in [-0.1, -0.05) is 12.1 Å². The first-order chi connectivity index (χ1) is 9.11. The van der Waals surface area contributed by atoms with Gasteiger partial charge in [-0.15, -0.1) is 0 Å². The molecular formula is C15H14O4. The molecule has 0 saturated carbocycles. The first-order valence-corrected chi connectivity index (χ1v) is 5.76. The number of hydrogen-bond donors (Lipinski definition) is 1. The molecule has 0 heterocycles. The van der Waals surface area contributed by atoms with E-state index in [9.17, 15) is 4.79 Å². The number of aryl methyl sites for hydroxylation is 1. The predicted molar refractivity (Wildman–Crippen MR) is 71.2 cm³/mol. The van der Waals surface area contributed by atoms with Crippen molar-refractivity contribution in [2.45, 2.75) is 6.92 Å². The molecule has 4 heteroatoms. The summed E-state index contributed by atoms with van der Waals surface area (Å²) in [4.78, 5) is 10.9. The summed E-state index contributed by atoms with van der Waals surface area (Å²) >= 11 is 0. The van der Waals surface area contributed by atoms with E-state index in [1.807, 2.05) is 12.1 Å². The second kappa shape index (κ2) is 5.44. The van der Waals surface area contributed by atoms with Crippen molar-refractivity contribution in [1.82, 2.24) is 0 Å². The van der Waals surface area contributed by atoms with Crippen LogP contribution in [0.1, 0.15) is 15.9 Å². The Morgan fingerprint density at radius 2 is 1.74 bits per heavy atom. The highest BCUT2D eigenvalue weighted by Gasteiger charge is 2.09. The van der Waals surface area contributed by atoms with Crippen LogP contribution in [0.5, 0.6) is 17.2 Å². The quantitative estimate of drug-likeness (QED) is 0.912. The lowest BCUT2D eigenvalue weighted by Crippen LogP contribution is -1.98. The van der Waals surface area contributed by atoms with E-state index < -0.39 is 5.97 Å². The van der Waals surface area contributed by atoms with E-state index in [0.29, 0.717) is 17.2 Å². The van der Waals surface area contributed by atoms with Crippen LogP contribution in [0.4, 0.5) is 0 Å². The average Bonchev–Trinajstić information content (AvgIpc) is 2.41. The number of hydrogen-bond acceptors (Lipinski definition) is 3. The van der Waals surface area contributed by atoms with Gasteiger partial charge in [0, 0.05) is 0 Å². The Bertz CT molecular complexity index is 605. The maximum Gasteiger partial charge on any atom is 0.335 e. The number of ether oxygens (including phenoxy) is 2. The normalized spacial score (nSPS) is 10.0. The molecule has 0 aliphatic rings. The number of benzene rings is 2. The van der Waals surface area contributed by atoms with Crippen molar-refractivity contribution >= 4 is 5.97 Å². The van der Waals surface area contributed by atoms with Gasteiger partial charge in [0.25, 0.3) is 0 Å². The van der Waals surface area contributed by atoms with E-state index in [1.165, 1.54) is 6.07 Å². The second-order valence-corrected chi connectivity index (χ2v) is 4.04. The first-order valence-electron chi connectivity index (χ1n) is 5.76. The third kappa shape index (κ3) is 2.85. The van der Waals surface area contributed by atoms with Gasteiger partial charge in [-0.25, -0.2) is 4.79 Å².